The van der Waals surface area contributed by atoms with Crippen molar-refractivity contribution in [1.29, 1.82) is 0 Å². The van der Waals surface area contributed by atoms with Crippen molar-refractivity contribution in [2.75, 3.05) is 10.8 Å². The van der Waals surface area contributed by atoms with E-state index in [1.54, 1.807) is 30.3 Å². The molecule has 0 saturated heterocycles. The van der Waals surface area contributed by atoms with E-state index in [1.807, 2.05) is 37.3 Å². The third-order valence-electron chi connectivity index (χ3n) is 8.58. The van der Waals surface area contributed by atoms with Gasteiger partial charge < -0.3 is 10.2 Å². The molecular weight excluding hydrogens is 724 g/mol. The second kappa shape index (κ2) is 16.6. The maximum absolute atomic E-state index is 14.7. The van der Waals surface area contributed by atoms with E-state index in [0.717, 1.165) is 47.5 Å². The number of halogens is 4. The molecule has 0 unspecified atom stereocenters. The van der Waals surface area contributed by atoms with Crippen LogP contribution in [0.15, 0.2) is 95.9 Å². The summed E-state index contributed by atoms with van der Waals surface area (Å²) in [4.78, 5) is 30.4. The standard InChI is InChI=1S/C37H37Cl4N3O4S/c1-25-12-15-32(16-13-25)49(47,48)44(31-21-28(38)20-29(39)22-31)24-36(45)43(23-27-14-17-33(40)34(41)18-27)35(19-26-8-4-2-5-9-26)37(46)42-30-10-6-3-7-11-30/h2,4-5,8-9,12-18,20-22,30,35H,3,6-7,10-11,19,23-24H2,1H3,(H,42,46)/t35-/m1/s1. The fraction of sp³-hybridized carbons (Fsp3) is 0.297. The quantitative estimate of drug-likeness (QED) is 0.156. The lowest BCUT2D eigenvalue weighted by atomic mass is 9.94. The minimum absolute atomic E-state index is 0.0195. The molecule has 49 heavy (non-hydrogen) atoms. The van der Waals surface area contributed by atoms with E-state index in [1.165, 1.54) is 35.2 Å². The third kappa shape index (κ3) is 9.71. The van der Waals surface area contributed by atoms with Crippen LogP contribution in [0.1, 0.15) is 48.8 Å². The second-order valence-electron chi connectivity index (χ2n) is 12.3. The SMILES string of the molecule is Cc1ccc(S(=O)(=O)N(CC(=O)N(Cc2ccc(Cl)c(Cl)c2)[C@H](Cc2ccccc2)C(=O)NC2CCCCC2)c2cc(Cl)cc(Cl)c2)cc1. The highest BCUT2D eigenvalue weighted by Crippen LogP contribution is 2.31. The Balaban J connectivity index is 1.59. The van der Waals surface area contributed by atoms with Crippen molar-refractivity contribution in [3.8, 4) is 0 Å². The van der Waals surface area contributed by atoms with Crippen LogP contribution in [0.25, 0.3) is 0 Å². The summed E-state index contributed by atoms with van der Waals surface area (Å²) in [6.45, 7) is 1.16. The number of anilines is 1. The van der Waals surface area contributed by atoms with Crippen molar-refractivity contribution in [2.24, 2.45) is 0 Å². The summed E-state index contributed by atoms with van der Waals surface area (Å²) in [5.41, 5.74) is 2.43. The predicted molar refractivity (Wildman–Crippen MR) is 198 cm³/mol. The van der Waals surface area contributed by atoms with E-state index >= 15 is 0 Å². The van der Waals surface area contributed by atoms with Crippen LogP contribution in [0, 0.1) is 6.92 Å². The molecule has 2 amide bonds. The van der Waals surface area contributed by atoms with E-state index in [4.69, 9.17) is 46.4 Å². The molecule has 0 heterocycles. The van der Waals surface area contributed by atoms with Gasteiger partial charge in [-0.25, -0.2) is 8.42 Å². The van der Waals surface area contributed by atoms with Crippen LogP contribution in [0.5, 0.6) is 0 Å². The predicted octanol–water partition coefficient (Wildman–Crippen LogP) is 8.89. The van der Waals surface area contributed by atoms with Gasteiger partial charge in [0.1, 0.15) is 12.6 Å². The molecule has 0 aromatic heterocycles. The van der Waals surface area contributed by atoms with E-state index < -0.39 is 28.5 Å². The first-order valence-corrected chi connectivity index (χ1v) is 19.0. The lowest BCUT2D eigenvalue weighted by Crippen LogP contribution is -2.55. The number of carbonyl (C=O) groups is 2. The monoisotopic (exact) mass is 759 g/mol. The third-order valence-corrected chi connectivity index (χ3v) is 11.5. The summed E-state index contributed by atoms with van der Waals surface area (Å²) in [6, 6.07) is 24.1. The minimum Gasteiger partial charge on any atom is -0.352 e. The van der Waals surface area contributed by atoms with Crippen LogP contribution in [-0.2, 0) is 32.6 Å². The van der Waals surface area contributed by atoms with E-state index in [2.05, 4.69) is 5.32 Å². The maximum Gasteiger partial charge on any atom is 0.264 e. The number of sulfonamides is 1. The first-order chi connectivity index (χ1) is 23.4. The van der Waals surface area contributed by atoms with Gasteiger partial charge in [0.15, 0.2) is 0 Å². The number of benzene rings is 4. The first kappa shape index (κ1) is 37.0. The van der Waals surface area contributed by atoms with Crippen molar-refractivity contribution in [3.05, 3.63) is 128 Å². The summed E-state index contributed by atoms with van der Waals surface area (Å²) < 4.78 is 29.5. The Morgan fingerprint density at radius 2 is 1.45 bits per heavy atom. The Morgan fingerprint density at radius 3 is 2.08 bits per heavy atom. The highest BCUT2D eigenvalue weighted by molar-refractivity contribution is 7.92. The zero-order valence-electron chi connectivity index (χ0n) is 26.9. The Kier molecular flexibility index (Phi) is 12.6. The minimum atomic E-state index is -4.32. The number of hydrogen-bond donors (Lipinski definition) is 1. The fourth-order valence-corrected chi connectivity index (χ4v) is 8.22. The first-order valence-electron chi connectivity index (χ1n) is 16.0. The van der Waals surface area contributed by atoms with Gasteiger partial charge in [-0.3, -0.25) is 13.9 Å². The molecule has 0 spiro atoms. The van der Waals surface area contributed by atoms with Crippen LogP contribution in [0.2, 0.25) is 20.1 Å². The van der Waals surface area contributed by atoms with Crippen molar-refractivity contribution < 1.29 is 18.0 Å². The molecule has 258 valence electrons. The molecule has 1 N–H and O–H groups in total. The molecule has 4 aromatic rings. The van der Waals surface area contributed by atoms with Gasteiger partial charge in [0, 0.05) is 29.1 Å². The lowest BCUT2D eigenvalue weighted by molar-refractivity contribution is -0.140. The van der Waals surface area contributed by atoms with Crippen molar-refractivity contribution in [2.45, 2.75) is 69.0 Å². The molecule has 1 saturated carbocycles. The Labute approximate surface area is 308 Å². The molecule has 1 atom stereocenters. The second-order valence-corrected chi connectivity index (χ2v) is 15.8. The van der Waals surface area contributed by atoms with Gasteiger partial charge >= 0.3 is 0 Å². The van der Waals surface area contributed by atoms with Crippen molar-refractivity contribution in [3.63, 3.8) is 0 Å². The molecule has 1 aliphatic rings. The maximum atomic E-state index is 14.7. The molecule has 7 nitrogen and oxygen atoms in total. The number of hydrogen-bond acceptors (Lipinski definition) is 4. The van der Waals surface area contributed by atoms with Crippen molar-refractivity contribution >= 4 is 73.9 Å². The van der Waals surface area contributed by atoms with E-state index in [-0.39, 0.29) is 50.6 Å². The van der Waals surface area contributed by atoms with Crippen LogP contribution in [-0.4, -0.2) is 43.8 Å². The highest BCUT2D eigenvalue weighted by atomic mass is 35.5. The van der Waals surface area contributed by atoms with Crippen LogP contribution < -0.4 is 9.62 Å². The van der Waals surface area contributed by atoms with Crippen LogP contribution >= 0.6 is 46.4 Å². The van der Waals surface area contributed by atoms with Gasteiger partial charge in [-0.2, -0.15) is 0 Å². The molecule has 0 bridgehead atoms. The van der Waals surface area contributed by atoms with Gasteiger partial charge in [0.05, 0.1) is 20.6 Å². The molecular formula is C37H37Cl4N3O4S. The molecule has 4 aromatic carbocycles. The van der Waals surface area contributed by atoms with Gasteiger partial charge in [0.25, 0.3) is 10.0 Å². The molecule has 1 aliphatic carbocycles. The van der Waals surface area contributed by atoms with Crippen LogP contribution in [0.4, 0.5) is 5.69 Å². The smallest absolute Gasteiger partial charge is 0.264 e. The van der Waals surface area contributed by atoms with E-state index in [9.17, 15) is 18.0 Å². The normalized spacial score (nSPS) is 14.2. The Hall–Kier alpha value is -3.27. The summed E-state index contributed by atoms with van der Waals surface area (Å²) in [6.07, 6.45) is 5.02. The number of carbonyl (C=O) groups excluding carboxylic acids is 2. The summed E-state index contributed by atoms with van der Waals surface area (Å²) >= 11 is 25.3. The average molecular weight is 762 g/mol. The van der Waals surface area contributed by atoms with Gasteiger partial charge in [-0.1, -0.05) is 120 Å². The number of nitrogens with one attached hydrogen (secondary N) is 1. The van der Waals surface area contributed by atoms with E-state index in [0.29, 0.717) is 10.6 Å². The average Bonchev–Trinajstić information content (AvgIpc) is 3.07. The van der Waals surface area contributed by atoms with Gasteiger partial charge in [-0.15, -0.1) is 0 Å². The fourth-order valence-electron chi connectivity index (χ4n) is 5.98. The zero-order valence-corrected chi connectivity index (χ0v) is 30.8. The largest absolute Gasteiger partial charge is 0.352 e. The number of amides is 2. The summed E-state index contributed by atoms with van der Waals surface area (Å²) in [5.74, 6) is -0.930. The van der Waals surface area contributed by atoms with Crippen molar-refractivity contribution in [1.82, 2.24) is 10.2 Å². The topological polar surface area (TPSA) is 86.8 Å². The molecule has 0 radical (unpaired) electrons. The van der Waals surface area contributed by atoms with Gasteiger partial charge in [-0.05, 0) is 73.4 Å². The highest BCUT2D eigenvalue weighted by Gasteiger charge is 2.35. The number of nitrogens with zero attached hydrogens (tertiary/aromatic N) is 2. The summed E-state index contributed by atoms with van der Waals surface area (Å²) in [7, 11) is -4.32. The Bertz CT molecular complexity index is 1870. The van der Waals surface area contributed by atoms with Gasteiger partial charge in [0.2, 0.25) is 11.8 Å². The number of rotatable bonds is 12. The number of aryl methyl sites for hydroxylation is 1. The Morgan fingerprint density at radius 1 is 0.796 bits per heavy atom. The molecule has 1 fully saturated rings. The zero-order chi connectivity index (χ0) is 35.1. The molecule has 0 aliphatic heterocycles. The van der Waals surface area contributed by atoms with Crippen LogP contribution in [0.3, 0.4) is 0 Å². The lowest BCUT2D eigenvalue weighted by Gasteiger charge is -2.35. The molecule has 12 heteroatoms. The summed E-state index contributed by atoms with van der Waals surface area (Å²) in [5, 5.41) is 4.21. The molecule has 5 rings (SSSR count).